The smallest absolute Gasteiger partial charge is 0.270 e. The van der Waals surface area contributed by atoms with Gasteiger partial charge < -0.3 is 19.7 Å². The summed E-state index contributed by atoms with van der Waals surface area (Å²) in [5.41, 5.74) is 3.54. The van der Waals surface area contributed by atoms with Crippen LogP contribution in [-0.4, -0.2) is 58.3 Å². The summed E-state index contributed by atoms with van der Waals surface area (Å²) >= 11 is 0. The molecule has 182 valence electrons. The Labute approximate surface area is 206 Å². The van der Waals surface area contributed by atoms with E-state index in [4.69, 9.17) is 0 Å². The molecule has 1 aliphatic heterocycles. The third kappa shape index (κ3) is 5.62. The van der Waals surface area contributed by atoms with Gasteiger partial charge in [0.2, 0.25) is 11.8 Å². The van der Waals surface area contributed by atoms with Crippen LogP contribution in [0.1, 0.15) is 41.9 Å². The normalized spacial score (nSPS) is 17.4. The third-order valence-corrected chi connectivity index (χ3v) is 6.57. The van der Waals surface area contributed by atoms with Gasteiger partial charge in [0.15, 0.2) is 0 Å². The lowest BCUT2D eigenvalue weighted by atomic mass is 10.0. The molecule has 1 aromatic heterocycles. The molecular weight excluding hydrogens is 440 g/mol. The average Bonchev–Trinajstić information content (AvgIpc) is 3.24. The maximum absolute atomic E-state index is 13.5. The van der Waals surface area contributed by atoms with E-state index in [2.05, 4.69) is 5.32 Å². The molecule has 1 atom stereocenters. The van der Waals surface area contributed by atoms with Crippen LogP contribution in [0.4, 0.5) is 0 Å². The summed E-state index contributed by atoms with van der Waals surface area (Å²) in [7, 11) is 1.89. The van der Waals surface area contributed by atoms with Gasteiger partial charge in [-0.15, -0.1) is 0 Å². The van der Waals surface area contributed by atoms with Crippen molar-refractivity contribution in [1.29, 1.82) is 0 Å². The second-order valence-corrected chi connectivity index (χ2v) is 8.87. The van der Waals surface area contributed by atoms with Crippen molar-refractivity contribution in [3.8, 4) is 11.3 Å². The van der Waals surface area contributed by atoms with Gasteiger partial charge in [-0.1, -0.05) is 60.7 Å². The van der Waals surface area contributed by atoms with Crippen molar-refractivity contribution >= 4 is 17.7 Å². The minimum Gasteiger partial charge on any atom is -0.354 e. The minimum atomic E-state index is -0.336. The van der Waals surface area contributed by atoms with Crippen molar-refractivity contribution in [2.24, 2.45) is 7.05 Å². The van der Waals surface area contributed by atoms with E-state index < -0.39 is 0 Å². The lowest BCUT2D eigenvalue weighted by Crippen LogP contribution is -2.39. The van der Waals surface area contributed by atoms with Crippen LogP contribution in [0.5, 0.6) is 0 Å². The fraction of sp³-hybridized carbons (Fsp3) is 0.321. The Morgan fingerprint density at radius 3 is 2.26 bits per heavy atom. The van der Waals surface area contributed by atoms with Crippen molar-refractivity contribution in [1.82, 2.24) is 19.7 Å². The van der Waals surface area contributed by atoms with Crippen molar-refractivity contribution in [2.45, 2.75) is 25.8 Å². The number of carbonyl (C=O) groups is 3. The van der Waals surface area contributed by atoms with E-state index in [1.54, 1.807) is 9.80 Å². The summed E-state index contributed by atoms with van der Waals surface area (Å²) < 4.78 is 1.91. The molecule has 7 heteroatoms. The van der Waals surface area contributed by atoms with Crippen molar-refractivity contribution < 1.29 is 14.4 Å². The quantitative estimate of drug-likeness (QED) is 0.633. The molecule has 1 unspecified atom stereocenters. The predicted molar refractivity (Wildman–Crippen MR) is 136 cm³/mol. The molecule has 1 N–H and O–H groups in total. The topological polar surface area (TPSA) is 74.7 Å². The van der Waals surface area contributed by atoms with Crippen LogP contribution in [-0.2, 0) is 16.6 Å². The van der Waals surface area contributed by atoms with Gasteiger partial charge in [0.1, 0.15) is 5.69 Å². The van der Waals surface area contributed by atoms with E-state index in [-0.39, 0.29) is 30.2 Å². The Hall–Kier alpha value is -3.87. The molecule has 0 spiro atoms. The van der Waals surface area contributed by atoms with Gasteiger partial charge in [-0.2, -0.15) is 0 Å². The largest absolute Gasteiger partial charge is 0.354 e. The van der Waals surface area contributed by atoms with Gasteiger partial charge >= 0.3 is 0 Å². The molecule has 0 saturated carbocycles. The van der Waals surface area contributed by atoms with Crippen LogP contribution >= 0.6 is 0 Å². The highest BCUT2D eigenvalue weighted by Crippen LogP contribution is 2.26. The Kier molecular flexibility index (Phi) is 7.65. The molecule has 2 aromatic carbocycles. The fourth-order valence-electron chi connectivity index (χ4n) is 4.73. The molecule has 1 saturated heterocycles. The van der Waals surface area contributed by atoms with Crippen molar-refractivity contribution in [3.05, 3.63) is 84.1 Å². The first-order valence-corrected chi connectivity index (χ1v) is 12.0. The molecule has 1 fully saturated rings. The third-order valence-electron chi connectivity index (χ3n) is 6.57. The standard InChI is InChI=1S/C28H32N4O3/c1-21(33)32-18-9-17-31(19-16-29-27(34)20-26(32)23-12-7-4-8-13-23)28(35)25-15-14-24(30(25)2)22-10-5-3-6-11-22/h3-8,10-15,26H,9,16-20H2,1-2H3,(H,29,34). The molecule has 4 rings (SSSR count). The highest BCUT2D eigenvalue weighted by molar-refractivity contribution is 5.94. The molecule has 3 aromatic rings. The summed E-state index contributed by atoms with van der Waals surface area (Å²) in [6.45, 7) is 3.26. The van der Waals surface area contributed by atoms with Gasteiger partial charge in [0, 0.05) is 45.8 Å². The predicted octanol–water partition coefficient (Wildman–Crippen LogP) is 3.63. The van der Waals surface area contributed by atoms with Crippen LogP contribution in [0.3, 0.4) is 0 Å². The zero-order valence-corrected chi connectivity index (χ0v) is 20.3. The van der Waals surface area contributed by atoms with Gasteiger partial charge in [0.25, 0.3) is 5.91 Å². The average molecular weight is 473 g/mol. The number of rotatable bonds is 3. The fourth-order valence-corrected chi connectivity index (χ4v) is 4.73. The highest BCUT2D eigenvalue weighted by Gasteiger charge is 2.27. The highest BCUT2D eigenvalue weighted by atomic mass is 16.2. The number of amides is 3. The second kappa shape index (κ2) is 11.0. The number of hydrogen-bond donors (Lipinski definition) is 1. The number of benzene rings is 2. The minimum absolute atomic E-state index is 0.0845. The molecule has 2 heterocycles. The summed E-state index contributed by atoms with van der Waals surface area (Å²) in [4.78, 5) is 42.4. The molecule has 0 radical (unpaired) electrons. The lowest BCUT2D eigenvalue weighted by molar-refractivity contribution is -0.132. The van der Waals surface area contributed by atoms with Gasteiger partial charge in [-0.25, -0.2) is 0 Å². The Morgan fingerprint density at radius 1 is 0.886 bits per heavy atom. The van der Waals surface area contributed by atoms with E-state index in [9.17, 15) is 14.4 Å². The van der Waals surface area contributed by atoms with Crippen LogP contribution in [0.15, 0.2) is 72.8 Å². The van der Waals surface area contributed by atoms with Crippen LogP contribution < -0.4 is 5.32 Å². The molecule has 3 amide bonds. The number of nitrogens with one attached hydrogen (secondary N) is 1. The van der Waals surface area contributed by atoms with E-state index >= 15 is 0 Å². The van der Waals surface area contributed by atoms with E-state index in [1.165, 1.54) is 6.92 Å². The number of carbonyl (C=O) groups excluding carboxylic acids is 3. The molecule has 0 aliphatic carbocycles. The lowest BCUT2D eigenvalue weighted by Gasteiger charge is -2.31. The van der Waals surface area contributed by atoms with Gasteiger partial charge in [-0.05, 0) is 29.7 Å². The Morgan fingerprint density at radius 2 is 1.57 bits per heavy atom. The van der Waals surface area contributed by atoms with Crippen LogP contribution in [0, 0.1) is 0 Å². The summed E-state index contributed by atoms with van der Waals surface area (Å²) in [5.74, 6) is -0.305. The zero-order valence-electron chi connectivity index (χ0n) is 20.3. The monoisotopic (exact) mass is 472 g/mol. The molecule has 35 heavy (non-hydrogen) atoms. The molecule has 0 bridgehead atoms. The van der Waals surface area contributed by atoms with Crippen molar-refractivity contribution in [3.63, 3.8) is 0 Å². The number of hydrogen-bond acceptors (Lipinski definition) is 3. The Bertz CT molecular complexity index is 1170. The summed E-state index contributed by atoms with van der Waals surface area (Å²) in [6, 6.07) is 23.1. The summed E-state index contributed by atoms with van der Waals surface area (Å²) in [6.07, 6.45) is 0.814. The maximum Gasteiger partial charge on any atom is 0.270 e. The van der Waals surface area contributed by atoms with Crippen LogP contribution in [0.2, 0.25) is 0 Å². The second-order valence-electron chi connectivity index (χ2n) is 8.87. The SMILES string of the molecule is CC(=O)N1CCCN(C(=O)c2ccc(-c3ccccc3)n2C)CCNC(=O)CC1c1ccccc1. The number of nitrogens with zero attached hydrogens (tertiary/aromatic N) is 3. The first-order valence-electron chi connectivity index (χ1n) is 12.0. The first kappa shape index (κ1) is 24.3. The molecule has 1 aliphatic rings. The summed E-state index contributed by atoms with van der Waals surface area (Å²) in [5, 5.41) is 2.94. The number of aromatic nitrogens is 1. The van der Waals surface area contributed by atoms with Crippen LogP contribution in [0.25, 0.3) is 11.3 Å². The van der Waals surface area contributed by atoms with E-state index in [1.807, 2.05) is 84.4 Å². The van der Waals surface area contributed by atoms with Gasteiger partial charge in [0.05, 0.1) is 12.5 Å². The van der Waals surface area contributed by atoms with Gasteiger partial charge in [-0.3, -0.25) is 14.4 Å². The van der Waals surface area contributed by atoms with E-state index in [0.29, 0.717) is 38.3 Å². The zero-order chi connectivity index (χ0) is 24.8. The molecule has 7 nitrogen and oxygen atoms in total. The molecular formula is C28H32N4O3. The maximum atomic E-state index is 13.5. The van der Waals surface area contributed by atoms with Crippen molar-refractivity contribution in [2.75, 3.05) is 26.2 Å². The first-order chi connectivity index (χ1) is 17.0. The Balaban J connectivity index is 1.54. The van der Waals surface area contributed by atoms with E-state index in [0.717, 1.165) is 16.8 Å².